The lowest BCUT2D eigenvalue weighted by Gasteiger charge is -2.18. The number of halogens is 2. The molecule has 20 heavy (non-hydrogen) atoms. The van der Waals surface area contributed by atoms with Crippen molar-refractivity contribution in [2.75, 3.05) is 5.32 Å². The van der Waals surface area contributed by atoms with Crippen LogP contribution in [0.4, 0.5) is 10.1 Å². The lowest BCUT2D eigenvalue weighted by molar-refractivity contribution is -0.138. The molecule has 2 rings (SSSR count). The van der Waals surface area contributed by atoms with Crippen LogP contribution >= 0.6 is 15.9 Å². The second-order valence-corrected chi connectivity index (χ2v) is 4.95. The second-order valence-electron chi connectivity index (χ2n) is 4.10. The lowest BCUT2D eigenvalue weighted by Crippen LogP contribution is -2.21. The zero-order valence-electron chi connectivity index (χ0n) is 10.2. The summed E-state index contributed by atoms with van der Waals surface area (Å²) < 4.78 is 13.9. The van der Waals surface area contributed by atoms with E-state index in [4.69, 9.17) is 0 Å². The molecule has 0 aliphatic heterocycles. The van der Waals surface area contributed by atoms with Crippen LogP contribution in [0.2, 0.25) is 0 Å². The maximum atomic E-state index is 13.2. The Bertz CT molecular complexity index is 648. The van der Waals surface area contributed by atoms with E-state index in [0.717, 1.165) is 18.2 Å². The number of hydrogen-bond donors (Lipinski definition) is 3. The lowest BCUT2D eigenvalue weighted by atomic mass is 10.1. The highest BCUT2D eigenvalue weighted by Gasteiger charge is 2.24. The van der Waals surface area contributed by atoms with Crippen molar-refractivity contribution in [1.82, 2.24) is 0 Å². The van der Waals surface area contributed by atoms with Gasteiger partial charge in [-0.05, 0) is 46.3 Å². The second kappa shape index (κ2) is 5.92. The third-order valence-corrected chi connectivity index (χ3v) is 3.41. The molecular weight excluding hydrogens is 329 g/mol. The number of phenols is 1. The van der Waals surface area contributed by atoms with Gasteiger partial charge < -0.3 is 15.5 Å². The van der Waals surface area contributed by atoms with E-state index in [-0.39, 0.29) is 11.3 Å². The molecule has 0 radical (unpaired) electrons. The van der Waals surface area contributed by atoms with Gasteiger partial charge in [-0.25, -0.2) is 9.18 Å². The maximum Gasteiger partial charge on any atom is 0.330 e. The molecule has 2 aromatic carbocycles. The van der Waals surface area contributed by atoms with E-state index in [2.05, 4.69) is 21.2 Å². The standard InChI is InChI=1S/C14H11BrFNO3/c15-10-3-1-2-4-11(10)17-13(14(19)20)9-7-8(16)5-6-12(9)18/h1-7,13,17-18H,(H,19,20). The highest BCUT2D eigenvalue weighted by Crippen LogP contribution is 2.31. The largest absolute Gasteiger partial charge is 0.508 e. The quantitative estimate of drug-likeness (QED) is 0.796. The van der Waals surface area contributed by atoms with Crippen molar-refractivity contribution in [3.05, 3.63) is 58.3 Å². The van der Waals surface area contributed by atoms with Crippen LogP contribution in [0.3, 0.4) is 0 Å². The number of anilines is 1. The minimum atomic E-state index is -1.26. The third kappa shape index (κ3) is 3.08. The predicted octanol–water partition coefficient (Wildman–Crippen LogP) is 3.53. The molecule has 0 heterocycles. The van der Waals surface area contributed by atoms with Gasteiger partial charge in [0.25, 0.3) is 0 Å². The molecule has 2 aromatic rings. The number of hydrogen-bond acceptors (Lipinski definition) is 3. The molecule has 1 atom stereocenters. The Morgan fingerprint density at radius 2 is 1.95 bits per heavy atom. The van der Waals surface area contributed by atoms with E-state index >= 15 is 0 Å². The molecule has 1 unspecified atom stereocenters. The molecular formula is C14H11BrFNO3. The van der Waals surface area contributed by atoms with Crippen molar-refractivity contribution in [3.63, 3.8) is 0 Å². The molecule has 4 nitrogen and oxygen atoms in total. The molecule has 104 valence electrons. The number of para-hydroxylation sites is 1. The Morgan fingerprint density at radius 1 is 1.25 bits per heavy atom. The van der Waals surface area contributed by atoms with E-state index in [1.165, 1.54) is 0 Å². The van der Waals surface area contributed by atoms with Gasteiger partial charge in [-0.15, -0.1) is 0 Å². The van der Waals surface area contributed by atoms with Crippen molar-refractivity contribution in [1.29, 1.82) is 0 Å². The number of carboxylic acid groups (broad SMARTS) is 1. The number of aromatic hydroxyl groups is 1. The molecule has 0 bridgehead atoms. The number of nitrogens with one attached hydrogen (secondary N) is 1. The minimum Gasteiger partial charge on any atom is -0.508 e. The number of carboxylic acids is 1. The van der Waals surface area contributed by atoms with Crippen LogP contribution in [0.15, 0.2) is 46.9 Å². The molecule has 0 aliphatic rings. The van der Waals surface area contributed by atoms with Crippen LogP contribution < -0.4 is 5.32 Å². The van der Waals surface area contributed by atoms with E-state index in [1.54, 1.807) is 24.3 Å². The monoisotopic (exact) mass is 339 g/mol. The smallest absolute Gasteiger partial charge is 0.330 e. The molecule has 0 spiro atoms. The summed E-state index contributed by atoms with van der Waals surface area (Å²) in [6.45, 7) is 0. The van der Waals surface area contributed by atoms with Crippen molar-refractivity contribution < 1.29 is 19.4 Å². The average molecular weight is 340 g/mol. The van der Waals surface area contributed by atoms with Gasteiger partial charge in [0.05, 0.1) is 0 Å². The van der Waals surface area contributed by atoms with E-state index in [1.807, 2.05) is 0 Å². The van der Waals surface area contributed by atoms with E-state index < -0.39 is 17.8 Å². The third-order valence-electron chi connectivity index (χ3n) is 2.72. The molecule has 6 heteroatoms. The average Bonchev–Trinajstić information content (AvgIpc) is 2.40. The first-order chi connectivity index (χ1) is 9.49. The normalized spacial score (nSPS) is 11.9. The topological polar surface area (TPSA) is 69.6 Å². The summed E-state index contributed by atoms with van der Waals surface area (Å²) in [4.78, 5) is 11.4. The van der Waals surface area contributed by atoms with Gasteiger partial charge in [-0.2, -0.15) is 0 Å². The van der Waals surface area contributed by atoms with Crippen LogP contribution in [0.5, 0.6) is 5.75 Å². The van der Waals surface area contributed by atoms with Crippen LogP contribution in [-0.4, -0.2) is 16.2 Å². The summed E-state index contributed by atoms with van der Waals surface area (Å²) in [5.74, 6) is -2.11. The first-order valence-corrected chi connectivity index (χ1v) is 6.50. The number of aliphatic carboxylic acids is 1. The molecule has 0 aliphatic carbocycles. The van der Waals surface area contributed by atoms with Gasteiger partial charge in [0.1, 0.15) is 11.6 Å². The number of carbonyl (C=O) groups is 1. The first kappa shape index (κ1) is 14.3. The fourth-order valence-corrected chi connectivity index (χ4v) is 2.16. The fourth-order valence-electron chi connectivity index (χ4n) is 1.76. The zero-order valence-corrected chi connectivity index (χ0v) is 11.8. The predicted molar refractivity (Wildman–Crippen MR) is 76.2 cm³/mol. The van der Waals surface area contributed by atoms with Crippen molar-refractivity contribution in [2.45, 2.75) is 6.04 Å². The van der Waals surface area contributed by atoms with Crippen molar-refractivity contribution >= 4 is 27.6 Å². The van der Waals surface area contributed by atoms with E-state index in [9.17, 15) is 19.4 Å². The van der Waals surface area contributed by atoms with Gasteiger partial charge in [-0.3, -0.25) is 0 Å². The number of rotatable bonds is 4. The Kier molecular flexibility index (Phi) is 4.24. The summed E-state index contributed by atoms with van der Waals surface area (Å²) in [5.41, 5.74) is 0.497. The van der Waals surface area contributed by atoms with Gasteiger partial charge in [-0.1, -0.05) is 12.1 Å². The Hall–Kier alpha value is -2.08. The number of phenolic OH excluding ortho intramolecular Hbond substituents is 1. The molecule has 0 aromatic heterocycles. The summed E-state index contributed by atoms with van der Waals surface area (Å²) in [6.07, 6.45) is 0. The highest BCUT2D eigenvalue weighted by molar-refractivity contribution is 9.10. The van der Waals surface area contributed by atoms with Crippen LogP contribution in [-0.2, 0) is 4.79 Å². The Morgan fingerprint density at radius 3 is 2.60 bits per heavy atom. The Balaban J connectivity index is 2.40. The SMILES string of the molecule is O=C(O)C(Nc1ccccc1Br)c1cc(F)ccc1O. The van der Waals surface area contributed by atoms with E-state index in [0.29, 0.717) is 10.2 Å². The van der Waals surface area contributed by atoms with Crippen LogP contribution in [0.25, 0.3) is 0 Å². The molecule has 0 saturated heterocycles. The fraction of sp³-hybridized carbons (Fsp3) is 0.0714. The summed E-state index contributed by atoms with van der Waals surface area (Å²) in [6, 6.07) is 8.87. The summed E-state index contributed by atoms with van der Waals surface area (Å²) >= 11 is 3.29. The molecule has 0 amide bonds. The van der Waals surface area contributed by atoms with Gasteiger partial charge in [0.15, 0.2) is 6.04 Å². The molecule has 0 fully saturated rings. The number of benzene rings is 2. The molecule has 0 saturated carbocycles. The zero-order chi connectivity index (χ0) is 14.7. The van der Waals surface area contributed by atoms with Gasteiger partial charge >= 0.3 is 5.97 Å². The minimum absolute atomic E-state index is 0.0340. The Labute approximate surface area is 123 Å². The van der Waals surface area contributed by atoms with Crippen molar-refractivity contribution in [2.24, 2.45) is 0 Å². The van der Waals surface area contributed by atoms with Crippen LogP contribution in [0.1, 0.15) is 11.6 Å². The first-order valence-electron chi connectivity index (χ1n) is 5.71. The molecule has 3 N–H and O–H groups in total. The summed E-state index contributed by atoms with van der Waals surface area (Å²) in [5, 5.41) is 21.8. The van der Waals surface area contributed by atoms with Crippen molar-refractivity contribution in [3.8, 4) is 5.75 Å². The van der Waals surface area contributed by atoms with Crippen LogP contribution in [0, 0.1) is 5.82 Å². The van der Waals surface area contributed by atoms with Gasteiger partial charge in [0, 0.05) is 15.7 Å². The summed E-state index contributed by atoms with van der Waals surface area (Å²) in [7, 11) is 0. The highest BCUT2D eigenvalue weighted by atomic mass is 79.9. The van der Waals surface area contributed by atoms with Gasteiger partial charge in [0.2, 0.25) is 0 Å². The maximum absolute atomic E-state index is 13.2.